The molecular formula is C20H20BrFN4O2. The van der Waals surface area contributed by atoms with E-state index in [-0.39, 0.29) is 24.8 Å². The SMILES string of the molecule is COc1ccc(NC(=O)CNCc2ccccc2F)cc1-c1c(Br)cnn1C. The molecule has 3 rings (SSSR count). The van der Waals surface area contributed by atoms with Crippen LogP contribution in [0.2, 0.25) is 0 Å². The fraction of sp³-hybridized carbons (Fsp3) is 0.200. The van der Waals surface area contributed by atoms with Crippen molar-refractivity contribution in [1.29, 1.82) is 0 Å². The highest BCUT2D eigenvalue weighted by Gasteiger charge is 2.15. The highest BCUT2D eigenvalue weighted by atomic mass is 79.9. The van der Waals surface area contributed by atoms with E-state index in [0.717, 1.165) is 15.7 Å². The van der Waals surface area contributed by atoms with Gasteiger partial charge in [-0.2, -0.15) is 5.10 Å². The van der Waals surface area contributed by atoms with Crippen molar-refractivity contribution < 1.29 is 13.9 Å². The van der Waals surface area contributed by atoms with E-state index in [1.54, 1.807) is 48.3 Å². The van der Waals surface area contributed by atoms with E-state index >= 15 is 0 Å². The summed E-state index contributed by atoms with van der Waals surface area (Å²) in [6.45, 7) is 0.334. The molecule has 0 fully saturated rings. The number of benzene rings is 2. The average molecular weight is 447 g/mol. The Hall–Kier alpha value is -2.71. The standard InChI is InChI=1S/C20H20BrFN4O2/c1-26-20(16(21)11-24-26)15-9-14(7-8-18(15)28-2)25-19(27)12-23-10-13-5-3-4-6-17(13)22/h3-9,11,23H,10,12H2,1-2H3,(H,25,27). The van der Waals surface area contributed by atoms with Crippen molar-refractivity contribution >= 4 is 27.5 Å². The normalized spacial score (nSPS) is 10.7. The molecule has 28 heavy (non-hydrogen) atoms. The van der Waals surface area contributed by atoms with Crippen molar-refractivity contribution in [2.24, 2.45) is 7.05 Å². The Morgan fingerprint density at radius 1 is 1.29 bits per heavy atom. The summed E-state index contributed by atoms with van der Waals surface area (Å²) in [5, 5.41) is 10.0. The number of hydrogen-bond donors (Lipinski definition) is 2. The number of methoxy groups -OCH3 is 1. The van der Waals surface area contributed by atoms with Crippen LogP contribution in [-0.4, -0.2) is 29.3 Å². The molecule has 0 saturated heterocycles. The van der Waals surface area contributed by atoms with Crippen molar-refractivity contribution in [2.75, 3.05) is 19.0 Å². The zero-order chi connectivity index (χ0) is 20.1. The van der Waals surface area contributed by atoms with Gasteiger partial charge in [-0.3, -0.25) is 9.48 Å². The predicted octanol–water partition coefficient (Wildman–Crippen LogP) is 3.73. The van der Waals surface area contributed by atoms with Gasteiger partial charge in [0.15, 0.2) is 0 Å². The van der Waals surface area contributed by atoms with Crippen LogP contribution in [0.3, 0.4) is 0 Å². The van der Waals surface area contributed by atoms with Crippen LogP contribution in [0, 0.1) is 5.82 Å². The Labute approximate surface area is 170 Å². The molecule has 3 aromatic rings. The maximum atomic E-state index is 13.6. The summed E-state index contributed by atoms with van der Waals surface area (Å²) in [7, 11) is 3.42. The molecule has 146 valence electrons. The Morgan fingerprint density at radius 2 is 2.07 bits per heavy atom. The van der Waals surface area contributed by atoms with Gasteiger partial charge < -0.3 is 15.4 Å². The van der Waals surface area contributed by atoms with Crippen LogP contribution in [-0.2, 0) is 18.4 Å². The number of rotatable bonds is 7. The van der Waals surface area contributed by atoms with Gasteiger partial charge in [0.2, 0.25) is 5.91 Å². The minimum absolute atomic E-state index is 0.0606. The highest BCUT2D eigenvalue weighted by Crippen LogP contribution is 2.36. The third kappa shape index (κ3) is 4.58. The number of amides is 1. The van der Waals surface area contributed by atoms with Crippen molar-refractivity contribution in [2.45, 2.75) is 6.54 Å². The quantitative estimate of drug-likeness (QED) is 0.580. The molecule has 0 unspecified atom stereocenters. The molecule has 0 bridgehead atoms. The molecule has 2 aromatic carbocycles. The fourth-order valence-corrected chi connectivity index (χ4v) is 3.40. The molecule has 6 nitrogen and oxygen atoms in total. The molecule has 1 heterocycles. The number of carbonyl (C=O) groups is 1. The monoisotopic (exact) mass is 446 g/mol. The molecule has 0 saturated carbocycles. The first kappa shape index (κ1) is 20.0. The van der Waals surface area contributed by atoms with Gasteiger partial charge in [0.1, 0.15) is 11.6 Å². The summed E-state index contributed by atoms with van der Waals surface area (Å²) in [6, 6.07) is 11.9. The maximum Gasteiger partial charge on any atom is 0.238 e. The van der Waals surface area contributed by atoms with E-state index in [9.17, 15) is 9.18 Å². The third-order valence-corrected chi connectivity index (χ3v) is 4.77. The molecule has 0 spiro atoms. The van der Waals surface area contributed by atoms with E-state index in [1.807, 2.05) is 13.1 Å². The number of carbonyl (C=O) groups excluding carboxylic acids is 1. The maximum absolute atomic E-state index is 13.6. The van der Waals surface area contributed by atoms with Gasteiger partial charge in [-0.05, 0) is 40.2 Å². The number of halogens is 2. The summed E-state index contributed by atoms with van der Waals surface area (Å²) in [5.74, 6) is 0.147. The lowest BCUT2D eigenvalue weighted by Gasteiger charge is -2.13. The van der Waals surface area contributed by atoms with Crippen LogP contribution < -0.4 is 15.4 Å². The summed E-state index contributed by atoms with van der Waals surface area (Å²) in [5.41, 5.74) is 2.78. The van der Waals surface area contributed by atoms with Gasteiger partial charge in [-0.25, -0.2) is 4.39 Å². The van der Waals surface area contributed by atoms with Crippen LogP contribution in [0.15, 0.2) is 53.1 Å². The largest absolute Gasteiger partial charge is 0.496 e. The minimum Gasteiger partial charge on any atom is -0.496 e. The summed E-state index contributed by atoms with van der Waals surface area (Å²) >= 11 is 3.49. The third-order valence-electron chi connectivity index (χ3n) is 4.19. The minimum atomic E-state index is -0.294. The van der Waals surface area contributed by atoms with E-state index < -0.39 is 0 Å². The molecule has 0 aliphatic rings. The first-order valence-electron chi connectivity index (χ1n) is 8.59. The van der Waals surface area contributed by atoms with Crippen LogP contribution in [0.4, 0.5) is 10.1 Å². The molecule has 0 aliphatic heterocycles. The topological polar surface area (TPSA) is 68.2 Å². The lowest BCUT2D eigenvalue weighted by atomic mass is 10.1. The predicted molar refractivity (Wildman–Crippen MR) is 110 cm³/mol. The molecule has 0 aliphatic carbocycles. The van der Waals surface area contributed by atoms with E-state index in [0.29, 0.717) is 17.0 Å². The van der Waals surface area contributed by atoms with Crippen molar-refractivity contribution in [3.8, 4) is 17.0 Å². The number of nitrogens with zero attached hydrogens (tertiary/aromatic N) is 2. The molecule has 1 amide bonds. The molecular weight excluding hydrogens is 427 g/mol. The average Bonchev–Trinajstić information content (AvgIpc) is 3.01. The van der Waals surface area contributed by atoms with Crippen LogP contribution in [0.5, 0.6) is 5.75 Å². The number of ether oxygens (including phenoxy) is 1. The molecule has 1 aromatic heterocycles. The zero-order valence-corrected chi connectivity index (χ0v) is 17.1. The van der Waals surface area contributed by atoms with Crippen LogP contribution in [0.25, 0.3) is 11.3 Å². The molecule has 0 radical (unpaired) electrons. The Kier molecular flexibility index (Phi) is 6.43. The Morgan fingerprint density at radius 3 is 2.75 bits per heavy atom. The summed E-state index contributed by atoms with van der Waals surface area (Å²) in [6.07, 6.45) is 1.70. The number of anilines is 1. The first-order chi connectivity index (χ1) is 13.5. The van der Waals surface area contributed by atoms with Gasteiger partial charge >= 0.3 is 0 Å². The summed E-state index contributed by atoms with van der Waals surface area (Å²) in [4.78, 5) is 12.2. The van der Waals surface area contributed by atoms with E-state index in [4.69, 9.17) is 4.74 Å². The molecule has 0 atom stereocenters. The first-order valence-corrected chi connectivity index (χ1v) is 9.38. The zero-order valence-electron chi connectivity index (χ0n) is 15.5. The molecule has 8 heteroatoms. The van der Waals surface area contributed by atoms with Crippen molar-refractivity contribution in [1.82, 2.24) is 15.1 Å². The van der Waals surface area contributed by atoms with Crippen molar-refractivity contribution in [3.63, 3.8) is 0 Å². The second kappa shape index (κ2) is 8.99. The Balaban J connectivity index is 1.68. The van der Waals surface area contributed by atoms with Gasteiger partial charge in [0.05, 0.1) is 30.0 Å². The Bertz CT molecular complexity index is 971. The second-order valence-electron chi connectivity index (χ2n) is 6.12. The van der Waals surface area contributed by atoms with Crippen LogP contribution >= 0.6 is 15.9 Å². The smallest absolute Gasteiger partial charge is 0.238 e. The number of hydrogen-bond acceptors (Lipinski definition) is 4. The van der Waals surface area contributed by atoms with Gasteiger partial charge in [0.25, 0.3) is 0 Å². The summed E-state index contributed by atoms with van der Waals surface area (Å²) < 4.78 is 21.6. The van der Waals surface area contributed by atoms with Crippen molar-refractivity contribution in [3.05, 3.63) is 64.5 Å². The fourth-order valence-electron chi connectivity index (χ4n) is 2.84. The lowest BCUT2D eigenvalue weighted by Crippen LogP contribution is -2.28. The second-order valence-corrected chi connectivity index (χ2v) is 6.98. The number of nitrogens with one attached hydrogen (secondary N) is 2. The van der Waals surface area contributed by atoms with E-state index in [2.05, 4.69) is 31.7 Å². The highest BCUT2D eigenvalue weighted by molar-refractivity contribution is 9.10. The van der Waals surface area contributed by atoms with Crippen LogP contribution in [0.1, 0.15) is 5.56 Å². The number of aryl methyl sites for hydroxylation is 1. The van der Waals surface area contributed by atoms with Gasteiger partial charge in [-0.15, -0.1) is 0 Å². The molecule has 2 N–H and O–H groups in total. The van der Waals surface area contributed by atoms with Gasteiger partial charge in [0, 0.05) is 30.4 Å². The number of aromatic nitrogens is 2. The van der Waals surface area contributed by atoms with Gasteiger partial charge in [-0.1, -0.05) is 18.2 Å². The lowest BCUT2D eigenvalue weighted by molar-refractivity contribution is -0.115. The van der Waals surface area contributed by atoms with E-state index in [1.165, 1.54) is 6.07 Å².